The summed E-state index contributed by atoms with van der Waals surface area (Å²) in [6.07, 6.45) is 1.25. The zero-order valence-corrected chi connectivity index (χ0v) is 12.8. The van der Waals surface area contributed by atoms with Crippen LogP contribution >= 0.6 is 45.8 Å². The second-order valence-corrected chi connectivity index (χ2v) is 5.45. The lowest BCUT2D eigenvalue weighted by Crippen LogP contribution is -1.95. The number of ether oxygens (including phenoxy) is 1. The van der Waals surface area contributed by atoms with Gasteiger partial charge in [0.05, 0.1) is 4.92 Å². The molecule has 0 fully saturated rings. The predicted octanol–water partition coefficient (Wildman–Crippen LogP) is 4.69. The molecule has 98 valence electrons. The van der Waals surface area contributed by atoms with E-state index in [1.807, 2.05) is 0 Å². The van der Waals surface area contributed by atoms with Gasteiger partial charge in [-0.15, -0.1) is 0 Å². The van der Waals surface area contributed by atoms with Crippen molar-refractivity contribution < 1.29 is 9.66 Å². The first-order chi connectivity index (χ1) is 8.97. The van der Waals surface area contributed by atoms with E-state index in [0.29, 0.717) is 10.8 Å². The number of pyridine rings is 1. The average Bonchev–Trinajstić information content (AvgIpc) is 2.30. The Hall–Kier alpha value is -1.12. The number of aromatic nitrogens is 1. The van der Waals surface area contributed by atoms with E-state index in [2.05, 4.69) is 27.6 Å². The Morgan fingerprint density at radius 1 is 1.32 bits per heavy atom. The minimum atomic E-state index is -0.585. The number of halogens is 3. The van der Waals surface area contributed by atoms with Crippen molar-refractivity contribution in [3.8, 4) is 11.5 Å². The molecule has 1 aromatic carbocycles. The first kappa shape index (κ1) is 14.3. The van der Waals surface area contributed by atoms with Crippen molar-refractivity contribution in [2.45, 2.75) is 0 Å². The number of nitrogens with zero attached hydrogens (tertiary/aromatic N) is 2. The van der Waals surface area contributed by atoms with Gasteiger partial charge in [-0.1, -0.05) is 23.2 Å². The van der Waals surface area contributed by atoms with Gasteiger partial charge in [-0.05, 0) is 40.8 Å². The summed E-state index contributed by atoms with van der Waals surface area (Å²) in [5.74, 6) is 0.252. The van der Waals surface area contributed by atoms with Gasteiger partial charge in [0, 0.05) is 20.9 Å². The van der Waals surface area contributed by atoms with E-state index in [0.717, 1.165) is 3.57 Å². The minimum absolute atomic E-state index is 0.0795. The van der Waals surface area contributed by atoms with Crippen molar-refractivity contribution >= 4 is 51.5 Å². The van der Waals surface area contributed by atoms with Crippen LogP contribution in [0, 0.1) is 13.7 Å². The van der Waals surface area contributed by atoms with Crippen LogP contribution in [0.5, 0.6) is 11.5 Å². The van der Waals surface area contributed by atoms with Crippen LogP contribution in [0.1, 0.15) is 0 Å². The van der Waals surface area contributed by atoms with E-state index in [-0.39, 0.29) is 16.6 Å². The highest BCUT2D eigenvalue weighted by Gasteiger charge is 2.20. The fourth-order valence-electron chi connectivity index (χ4n) is 1.36. The number of hydrogen-bond acceptors (Lipinski definition) is 4. The summed E-state index contributed by atoms with van der Waals surface area (Å²) < 4.78 is 6.27. The van der Waals surface area contributed by atoms with E-state index in [4.69, 9.17) is 27.9 Å². The highest BCUT2D eigenvalue weighted by atomic mass is 127. The van der Waals surface area contributed by atoms with Gasteiger partial charge < -0.3 is 4.74 Å². The summed E-state index contributed by atoms with van der Waals surface area (Å²) in [6, 6.07) is 6.17. The molecule has 19 heavy (non-hydrogen) atoms. The van der Waals surface area contributed by atoms with E-state index in [1.165, 1.54) is 18.3 Å². The van der Waals surface area contributed by atoms with Crippen LogP contribution in [0.4, 0.5) is 5.69 Å². The molecule has 0 aliphatic carbocycles. The molecule has 2 rings (SSSR count). The molecule has 0 bridgehead atoms. The Labute approximate surface area is 131 Å². The number of hydrogen-bond donors (Lipinski definition) is 0. The zero-order valence-electron chi connectivity index (χ0n) is 9.14. The number of nitro groups is 1. The molecular formula is C11H5Cl2IN2O3. The first-order valence-electron chi connectivity index (χ1n) is 4.90. The summed E-state index contributed by atoms with van der Waals surface area (Å²) in [6.45, 7) is 0. The molecule has 1 aromatic heterocycles. The number of rotatable bonds is 3. The zero-order chi connectivity index (χ0) is 14.0. The molecule has 0 amide bonds. The summed E-state index contributed by atoms with van der Waals surface area (Å²) in [5.41, 5.74) is -0.255. The highest BCUT2D eigenvalue weighted by molar-refractivity contribution is 14.1. The summed E-state index contributed by atoms with van der Waals surface area (Å²) in [4.78, 5) is 14.1. The maximum Gasteiger partial charge on any atom is 0.316 e. The van der Waals surface area contributed by atoms with Gasteiger partial charge in [-0.2, -0.15) is 0 Å². The fourth-order valence-corrected chi connectivity index (χ4v) is 2.60. The van der Waals surface area contributed by atoms with E-state index < -0.39 is 4.92 Å². The average molecular weight is 411 g/mol. The molecule has 0 N–H and O–H groups in total. The quantitative estimate of drug-likeness (QED) is 0.318. The molecule has 0 saturated heterocycles. The van der Waals surface area contributed by atoms with Crippen molar-refractivity contribution in [2.24, 2.45) is 0 Å². The Kier molecular flexibility index (Phi) is 4.43. The smallest absolute Gasteiger partial charge is 0.316 e. The molecule has 0 spiro atoms. The molecule has 2 aromatic rings. The second kappa shape index (κ2) is 5.89. The Morgan fingerprint density at radius 2 is 2.05 bits per heavy atom. The topological polar surface area (TPSA) is 65.3 Å². The molecule has 1 heterocycles. The number of benzene rings is 1. The van der Waals surface area contributed by atoms with Crippen molar-refractivity contribution in [3.63, 3.8) is 0 Å². The molecule has 0 aliphatic heterocycles. The second-order valence-electron chi connectivity index (χ2n) is 3.41. The van der Waals surface area contributed by atoms with Gasteiger partial charge in [-0.3, -0.25) is 10.1 Å². The van der Waals surface area contributed by atoms with Crippen LogP contribution in [-0.4, -0.2) is 9.91 Å². The van der Waals surface area contributed by atoms with Crippen molar-refractivity contribution in [2.75, 3.05) is 0 Å². The van der Waals surface area contributed by atoms with Gasteiger partial charge in [0.15, 0.2) is 5.15 Å². The predicted molar refractivity (Wildman–Crippen MR) is 80.1 cm³/mol. The SMILES string of the molecule is O=[N+]([O-])c1ccnc(Cl)c1Oc1cc(Cl)cc(I)c1. The molecule has 8 heteroatoms. The standard InChI is InChI=1S/C11H5Cl2IN2O3/c12-6-3-7(14)5-8(4-6)19-10-9(16(17)18)1-2-15-11(10)13/h1-5H. The van der Waals surface area contributed by atoms with Crippen LogP contribution in [0.3, 0.4) is 0 Å². The van der Waals surface area contributed by atoms with Crippen molar-refractivity contribution in [3.05, 3.63) is 54.3 Å². The Bertz CT molecular complexity index is 632. The molecule has 0 aliphatic rings. The Balaban J connectivity index is 2.45. The van der Waals surface area contributed by atoms with Gasteiger partial charge in [0.2, 0.25) is 5.75 Å². The van der Waals surface area contributed by atoms with Gasteiger partial charge >= 0.3 is 5.69 Å². The third-order valence-electron chi connectivity index (χ3n) is 2.09. The summed E-state index contributed by atoms with van der Waals surface area (Å²) >= 11 is 13.8. The van der Waals surface area contributed by atoms with Crippen LogP contribution < -0.4 is 4.74 Å². The van der Waals surface area contributed by atoms with Crippen LogP contribution in [0.25, 0.3) is 0 Å². The maximum absolute atomic E-state index is 10.9. The third kappa shape index (κ3) is 3.46. The molecule has 5 nitrogen and oxygen atoms in total. The molecule has 0 saturated carbocycles. The lowest BCUT2D eigenvalue weighted by atomic mass is 10.3. The monoisotopic (exact) mass is 410 g/mol. The van der Waals surface area contributed by atoms with E-state index in [9.17, 15) is 10.1 Å². The lowest BCUT2D eigenvalue weighted by Gasteiger charge is -2.08. The van der Waals surface area contributed by atoms with Gasteiger partial charge in [-0.25, -0.2) is 4.98 Å². The minimum Gasteiger partial charge on any atom is -0.447 e. The largest absolute Gasteiger partial charge is 0.447 e. The lowest BCUT2D eigenvalue weighted by molar-refractivity contribution is -0.385. The Morgan fingerprint density at radius 3 is 2.68 bits per heavy atom. The fraction of sp³-hybridized carbons (Fsp3) is 0. The maximum atomic E-state index is 10.9. The van der Waals surface area contributed by atoms with E-state index >= 15 is 0 Å². The van der Waals surface area contributed by atoms with Crippen LogP contribution in [-0.2, 0) is 0 Å². The first-order valence-corrected chi connectivity index (χ1v) is 6.73. The van der Waals surface area contributed by atoms with Crippen molar-refractivity contribution in [1.29, 1.82) is 0 Å². The molecule has 0 atom stereocenters. The van der Waals surface area contributed by atoms with Crippen LogP contribution in [0.15, 0.2) is 30.5 Å². The third-order valence-corrected chi connectivity index (χ3v) is 3.20. The normalized spacial score (nSPS) is 10.3. The highest BCUT2D eigenvalue weighted by Crippen LogP contribution is 2.37. The molecular weight excluding hydrogens is 406 g/mol. The molecule has 0 radical (unpaired) electrons. The van der Waals surface area contributed by atoms with Gasteiger partial charge in [0.1, 0.15) is 5.75 Å². The van der Waals surface area contributed by atoms with Gasteiger partial charge in [0.25, 0.3) is 0 Å². The molecule has 0 unspecified atom stereocenters. The van der Waals surface area contributed by atoms with Crippen LogP contribution in [0.2, 0.25) is 10.2 Å². The summed E-state index contributed by atoms with van der Waals surface area (Å²) in [5, 5.41) is 11.3. The van der Waals surface area contributed by atoms with Crippen molar-refractivity contribution in [1.82, 2.24) is 4.98 Å². The summed E-state index contributed by atoms with van der Waals surface area (Å²) in [7, 11) is 0. The van der Waals surface area contributed by atoms with E-state index in [1.54, 1.807) is 12.1 Å².